The lowest BCUT2D eigenvalue weighted by atomic mass is 9.73. The van der Waals surface area contributed by atoms with Crippen LogP contribution in [0.5, 0.6) is 11.5 Å². The monoisotopic (exact) mass is 1160 g/mol. The van der Waals surface area contributed by atoms with Crippen LogP contribution in [0.3, 0.4) is 0 Å². The molecule has 8 aromatic rings. The van der Waals surface area contributed by atoms with Crippen LogP contribution >= 0.6 is 0 Å². The molecule has 0 spiro atoms. The zero-order valence-corrected chi connectivity index (χ0v) is 55.3. The van der Waals surface area contributed by atoms with Gasteiger partial charge in [0.15, 0.2) is 0 Å². The Bertz CT molecular complexity index is 4550. The number of H-pyrrole nitrogens is 4. The summed E-state index contributed by atoms with van der Waals surface area (Å²) in [6, 6.07) is 27.3. The van der Waals surface area contributed by atoms with E-state index < -0.39 is 5.41 Å². The average molecular weight is 1160 g/mol. The van der Waals surface area contributed by atoms with Gasteiger partial charge in [0.1, 0.15) is 11.5 Å². The number of aryl methyl sites for hydroxylation is 8. The van der Waals surface area contributed by atoms with Crippen molar-refractivity contribution in [3.05, 3.63) is 174 Å². The molecule has 0 saturated carbocycles. The largest absolute Gasteiger partial charge is 0.455 e. The van der Waals surface area contributed by atoms with E-state index in [9.17, 15) is 0 Å². The molecule has 6 aromatic heterocycles. The summed E-state index contributed by atoms with van der Waals surface area (Å²) in [7, 11) is 0. The number of hydrogen-bond donors (Lipinski definition) is 4. The highest BCUT2D eigenvalue weighted by molar-refractivity contribution is 6.05. The predicted molar refractivity (Wildman–Crippen MR) is 373 cm³/mol. The van der Waals surface area contributed by atoms with Gasteiger partial charge in [0, 0.05) is 71.9 Å². The van der Waals surface area contributed by atoms with Crippen LogP contribution in [0.15, 0.2) is 72.8 Å². The normalized spacial score (nSPS) is 14.6. The van der Waals surface area contributed by atoms with Gasteiger partial charge in [-0.25, -0.2) is 19.9 Å². The Morgan fingerprint density at radius 3 is 1.03 bits per heavy atom. The average Bonchev–Trinajstić information content (AvgIpc) is 1.17. The van der Waals surface area contributed by atoms with Crippen LogP contribution in [0.1, 0.15) is 224 Å². The Labute approximate surface area is 519 Å². The second-order valence-corrected chi connectivity index (χ2v) is 25.6. The number of aromatic nitrogens is 8. The van der Waals surface area contributed by atoms with Gasteiger partial charge in [0.2, 0.25) is 0 Å². The molecule has 2 aromatic carbocycles. The number of benzene rings is 2. The van der Waals surface area contributed by atoms with Gasteiger partial charge in [-0.1, -0.05) is 106 Å². The molecule has 0 amide bonds. The van der Waals surface area contributed by atoms with Gasteiger partial charge in [-0.05, 0) is 232 Å². The molecule has 448 valence electrons. The number of rotatable bonds is 10. The second kappa shape index (κ2) is 21.9. The highest BCUT2D eigenvalue weighted by Gasteiger charge is 2.39. The summed E-state index contributed by atoms with van der Waals surface area (Å²) in [5.41, 5.74) is 42.1. The molecule has 0 fully saturated rings. The van der Waals surface area contributed by atoms with Crippen LogP contribution in [0.4, 0.5) is 0 Å². The fourth-order valence-corrected chi connectivity index (χ4v) is 15.7. The fraction of sp³-hybridized carbons (Fsp3) is 0.342. The molecule has 9 nitrogen and oxygen atoms in total. The minimum absolute atomic E-state index is 0.508. The molecular formula is C79H86N8O. The predicted octanol–water partition coefficient (Wildman–Crippen LogP) is 21.6. The molecule has 88 heavy (non-hydrogen) atoms. The third kappa shape index (κ3) is 8.75. The summed E-state index contributed by atoms with van der Waals surface area (Å²) < 4.78 is 8.01. The molecule has 13 rings (SSSR count). The molecule has 5 aliphatic heterocycles. The molecule has 0 unspecified atom stereocenters. The Hall–Kier alpha value is -8.56. The number of ether oxygens (including phenoxy) is 1. The SMILES string of the molecule is CCC1=C(C)c2cc3[nH]c(c(CC)c3C)c(-c3cccc4c3Oc3c(-c5c6nc(cc7[nH]c(cc8nc(cc9[nH]c5c(CC)c9C)C(C)=C8CC)c(C)c7CC)C(CC)=C6C)cccc3C4(C)C)c3nc(cc4[nH]c(cc1n2)c(C)c4CC)C(CC)=C3C. The molecule has 0 atom stereocenters. The summed E-state index contributed by atoms with van der Waals surface area (Å²) in [4.78, 5) is 38.6. The van der Waals surface area contributed by atoms with Crippen molar-refractivity contribution >= 4 is 88.7 Å². The second-order valence-electron chi connectivity index (χ2n) is 25.6. The lowest BCUT2D eigenvalue weighted by molar-refractivity contribution is 0.421. The Kier molecular flexibility index (Phi) is 14.6. The quantitative estimate of drug-likeness (QED) is 0.109. The zero-order chi connectivity index (χ0) is 62.1. The van der Waals surface area contributed by atoms with E-state index in [0.717, 1.165) is 186 Å². The molecule has 11 heterocycles. The first-order valence-electron chi connectivity index (χ1n) is 32.6. The van der Waals surface area contributed by atoms with Gasteiger partial charge in [0.05, 0.1) is 56.6 Å². The molecule has 16 bridgehead atoms. The minimum Gasteiger partial charge on any atom is -0.455 e. The van der Waals surface area contributed by atoms with Gasteiger partial charge in [-0.2, -0.15) is 0 Å². The van der Waals surface area contributed by atoms with E-state index >= 15 is 0 Å². The van der Waals surface area contributed by atoms with Crippen molar-refractivity contribution in [1.82, 2.24) is 39.9 Å². The Morgan fingerprint density at radius 2 is 0.670 bits per heavy atom. The van der Waals surface area contributed by atoms with E-state index in [1.807, 2.05) is 0 Å². The van der Waals surface area contributed by atoms with Crippen molar-refractivity contribution in [2.75, 3.05) is 0 Å². The van der Waals surface area contributed by atoms with Crippen molar-refractivity contribution in [3.63, 3.8) is 0 Å². The molecule has 0 aliphatic carbocycles. The standard InChI is InChI=1S/C79H86N8O/c1-19-47-39(9)59-33-63-43(13)53(25-7)75(84-63)71(73-45(15)51(23-5)69(86-73)37-67-49(21-3)41(11)61(82-67)35-65(47)80-59)55-29-27-31-57-77(55)88-78-56(30-28-32-58(78)79(57,17)18)72-74-46(16)52(24-6)70(87-74)38-68-50(22-4)42(12)62(83-68)36-66-48(20-2)40(10)60(81-66)34-64-44(14)54(26-8)76(72)85-64/h27-38,82-85H,19-26H2,1-18H3. The highest BCUT2D eigenvalue weighted by atomic mass is 16.5. The number of para-hydroxylation sites is 2. The third-order valence-electron chi connectivity index (χ3n) is 20.8. The molecule has 0 radical (unpaired) electrons. The van der Waals surface area contributed by atoms with Crippen molar-refractivity contribution in [1.29, 1.82) is 0 Å². The van der Waals surface area contributed by atoms with Crippen LogP contribution in [-0.2, 0) is 31.1 Å². The number of nitrogens with one attached hydrogen (secondary N) is 4. The summed E-state index contributed by atoms with van der Waals surface area (Å²) in [6.45, 7) is 40.9. The summed E-state index contributed by atoms with van der Waals surface area (Å²) >= 11 is 0. The summed E-state index contributed by atoms with van der Waals surface area (Å²) in [6.07, 6.45) is 6.81. The number of allylic oxidation sites excluding steroid dienone is 8. The molecule has 0 saturated heterocycles. The number of hydrogen-bond acceptors (Lipinski definition) is 5. The number of aromatic amines is 4. The van der Waals surface area contributed by atoms with E-state index in [2.05, 4.69) is 217 Å². The van der Waals surface area contributed by atoms with Gasteiger partial charge < -0.3 is 24.7 Å². The van der Waals surface area contributed by atoms with Crippen molar-refractivity contribution in [2.45, 2.75) is 181 Å². The highest BCUT2D eigenvalue weighted by Crippen LogP contribution is 2.57. The van der Waals surface area contributed by atoms with E-state index in [1.165, 1.54) is 89.1 Å². The lowest BCUT2D eigenvalue weighted by Crippen LogP contribution is -2.25. The first-order chi connectivity index (χ1) is 42.3. The van der Waals surface area contributed by atoms with Gasteiger partial charge >= 0.3 is 0 Å². The first kappa shape index (κ1) is 58.5. The van der Waals surface area contributed by atoms with Gasteiger partial charge in [-0.15, -0.1) is 0 Å². The smallest absolute Gasteiger partial charge is 0.139 e. The van der Waals surface area contributed by atoms with Crippen LogP contribution in [0.25, 0.3) is 111 Å². The lowest BCUT2D eigenvalue weighted by Gasteiger charge is -2.36. The van der Waals surface area contributed by atoms with Crippen LogP contribution < -0.4 is 4.74 Å². The van der Waals surface area contributed by atoms with Crippen LogP contribution in [-0.4, -0.2) is 39.9 Å². The number of nitrogens with zero attached hydrogens (tertiary/aromatic N) is 4. The van der Waals surface area contributed by atoms with E-state index in [4.69, 9.17) is 24.7 Å². The molecule has 4 N–H and O–H groups in total. The Balaban J connectivity index is 1.15. The maximum atomic E-state index is 8.01. The molecule has 9 heteroatoms. The van der Waals surface area contributed by atoms with E-state index in [-0.39, 0.29) is 0 Å². The van der Waals surface area contributed by atoms with Gasteiger partial charge in [-0.3, -0.25) is 0 Å². The maximum absolute atomic E-state index is 8.01. The van der Waals surface area contributed by atoms with E-state index in [0.29, 0.717) is 0 Å². The number of fused-ring (bicyclic) bond motifs is 18. The van der Waals surface area contributed by atoms with Crippen molar-refractivity contribution in [3.8, 4) is 33.8 Å². The van der Waals surface area contributed by atoms with Gasteiger partial charge in [0.25, 0.3) is 0 Å². The van der Waals surface area contributed by atoms with E-state index in [1.54, 1.807) is 0 Å². The molecular weight excluding hydrogens is 1080 g/mol. The fourth-order valence-electron chi connectivity index (χ4n) is 15.7. The summed E-state index contributed by atoms with van der Waals surface area (Å²) in [5, 5.41) is 0. The third-order valence-corrected chi connectivity index (χ3v) is 20.8. The maximum Gasteiger partial charge on any atom is 0.139 e. The Morgan fingerprint density at radius 1 is 0.352 bits per heavy atom. The molecule has 5 aliphatic rings. The van der Waals surface area contributed by atoms with Crippen LogP contribution in [0, 0.1) is 27.7 Å². The first-order valence-corrected chi connectivity index (χ1v) is 32.6. The zero-order valence-electron chi connectivity index (χ0n) is 55.3. The minimum atomic E-state index is -0.508. The summed E-state index contributed by atoms with van der Waals surface area (Å²) in [5.74, 6) is 1.67. The topological polar surface area (TPSA) is 124 Å². The van der Waals surface area contributed by atoms with Crippen LogP contribution in [0.2, 0.25) is 0 Å². The van der Waals surface area contributed by atoms with Crippen molar-refractivity contribution in [2.24, 2.45) is 0 Å². The van der Waals surface area contributed by atoms with Crippen molar-refractivity contribution < 1.29 is 4.74 Å².